The van der Waals surface area contributed by atoms with Crippen LogP contribution in [0.3, 0.4) is 0 Å². The van der Waals surface area contributed by atoms with Crippen LogP contribution in [-0.2, 0) is 13.5 Å². The van der Waals surface area contributed by atoms with Crippen LogP contribution in [0.5, 0.6) is 0 Å². The molecule has 0 atom stereocenters. The van der Waals surface area contributed by atoms with Gasteiger partial charge >= 0.3 is 5.97 Å². The fraction of sp³-hybridized carbons (Fsp3) is 0.333. The molecule has 0 spiro atoms. The topological polar surface area (TPSA) is 55.1 Å². The van der Waals surface area contributed by atoms with E-state index >= 15 is 0 Å². The number of aryl methyl sites for hydroxylation is 2. The van der Waals surface area contributed by atoms with E-state index in [1.54, 1.807) is 6.07 Å². The van der Waals surface area contributed by atoms with Gasteiger partial charge in [-0.15, -0.1) is 11.3 Å². The molecular formula is C12H14N2O2S. The summed E-state index contributed by atoms with van der Waals surface area (Å²) in [6, 6.07) is 3.53. The second kappa shape index (κ2) is 4.33. The lowest BCUT2D eigenvalue weighted by atomic mass is 10.1. The summed E-state index contributed by atoms with van der Waals surface area (Å²) in [5.74, 6) is -0.860. The summed E-state index contributed by atoms with van der Waals surface area (Å²) in [7, 11) is 1.92. The predicted molar refractivity (Wildman–Crippen MR) is 66.8 cm³/mol. The third kappa shape index (κ3) is 2.24. The standard InChI is InChI=1S/C12H14N2O2S/c1-7-10(8(2)14(3)13-7)6-9-4-5-11(17-9)12(15)16/h4-5H,6H2,1-3H3,(H,15,16). The molecule has 1 N–H and O–H groups in total. The van der Waals surface area contributed by atoms with Crippen LogP contribution in [-0.4, -0.2) is 20.9 Å². The van der Waals surface area contributed by atoms with Crippen LogP contribution < -0.4 is 0 Å². The minimum absolute atomic E-state index is 0.388. The molecule has 5 heteroatoms. The monoisotopic (exact) mass is 250 g/mol. The maximum absolute atomic E-state index is 10.8. The van der Waals surface area contributed by atoms with Gasteiger partial charge in [0, 0.05) is 29.6 Å². The molecule has 2 heterocycles. The van der Waals surface area contributed by atoms with E-state index in [0.29, 0.717) is 4.88 Å². The minimum atomic E-state index is -0.860. The number of carboxylic acids is 1. The zero-order valence-electron chi connectivity index (χ0n) is 10.0. The highest BCUT2D eigenvalue weighted by Gasteiger charge is 2.12. The van der Waals surface area contributed by atoms with Crippen LogP contribution in [0.4, 0.5) is 0 Å². The summed E-state index contributed by atoms with van der Waals surface area (Å²) in [5, 5.41) is 13.2. The van der Waals surface area contributed by atoms with E-state index in [-0.39, 0.29) is 0 Å². The number of hydrogen-bond acceptors (Lipinski definition) is 3. The van der Waals surface area contributed by atoms with Crippen LogP contribution in [0.1, 0.15) is 31.5 Å². The van der Waals surface area contributed by atoms with Crippen molar-refractivity contribution in [3.05, 3.63) is 38.8 Å². The minimum Gasteiger partial charge on any atom is -0.477 e. The first-order chi connectivity index (χ1) is 7.99. The summed E-state index contributed by atoms with van der Waals surface area (Å²) in [6.45, 7) is 4.01. The lowest BCUT2D eigenvalue weighted by Gasteiger charge is -1.99. The van der Waals surface area contributed by atoms with Crippen molar-refractivity contribution in [2.45, 2.75) is 20.3 Å². The molecule has 0 aliphatic rings. The number of aromatic carboxylic acids is 1. The van der Waals surface area contributed by atoms with Gasteiger partial charge in [0.2, 0.25) is 0 Å². The number of carbonyl (C=O) groups is 1. The quantitative estimate of drug-likeness (QED) is 0.910. The number of hydrogen-bond donors (Lipinski definition) is 1. The molecule has 0 unspecified atom stereocenters. The molecule has 0 aliphatic heterocycles. The van der Waals surface area contributed by atoms with Gasteiger partial charge in [0.05, 0.1) is 5.69 Å². The van der Waals surface area contributed by atoms with Crippen molar-refractivity contribution in [3.8, 4) is 0 Å². The van der Waals surface area contributed by atoms with Crippen LogP contribution in [0.2, 0.25) is 0 Å². The SMILES string of the molecule is Cc1nn(C)c(C)c1Cc1ccc(C(=O)O)s1. The average Bonchev–Trinajstić information content (AvgIpc) is 2.80. The maximum atomic E-state index is 10.8. The van der Waals surface area contributed by atoms with Crippen molar-refractivity contribution < 1.29 is 9.90 Å². The molecule has 2 rings (SSSR count). The van der Waals surface area contributed by atoms with Gasteiger partial charge in [0.25, 0.3) is 0 Å². The molecule has 2 aromatic heterocycles. The zero-order chi connectivity index (χ0) is 12.6. The normalized spacial score (nSPS) is 10.8. The molecule has 2 aromatic rings. The third-order valence-electron chi connectivity index (χ3n) is 2.88. The van der Waals surface area contributed by atoms with Gasteiger partial charge in [-0.3, -0.25) is 4.68 Å². The highest BCUT2D eigenvalue weighted by Crippen LogP contribution is 2.23. The molecule has 0 aromatic carbocycles. The molecule has 0 aliphatic carbocycles. The number of carboxylic acid groups (broad SMARTS) is 1. The molecular weight excluding hydrogens is 236 g/mol. The van der Waals surface area contributed by atoms with Crippen LogP contribution >= 0.6 is 11.3 Å². The van der Waals surface area contributed by atoms with E-state index < -0.39 is 5.97 Å². The van der Waals surface area contributed by atoms with E-state index in [1.165, 1.54) is 16.9 Å². The molecule has 0 fully saturated rings. The van der Waals surface area contributed by atoms with Gasteiger partial charge in [-0.1, -0.05) is 0 Å². The third-order valence-corrected chi connectivity index (χ3v) is 3.96. The average molecular weight is 250 g/mol. The second-order valence-corrected chi connectivity index (χ2v) is 5.19. The van der Waals surface area contributed by atoms with Crippen molar-refractivity contribution in [2.24, 2.45) is 7.05 Å². The summed E-state index contributed by atoms with van der Waals surface area (Å²) in [6.07, 6.45) is 0.753. The van der Waals surface area contributed by atoms with E-state index in [1.807, 2.05) is 31.6 Å². The van der Waals surface area contributed by atoms with Crippen LogP contribution in [0.25, 0.3) is 0 Å². The summed E-state index contributed by atoms with van der Waals surface area (Å²) >= 11 is 1.33. The summed E-state index contributed by atoms with van der Waals surface area (Å²) in [5.41, 5.74) is 3.33. The van der Waals surface area contributed by atoms with Crippen LogP contribution in [0, 0.1) is 13.8 Å². The van der Waals surface area contributed by atoms with Gasteiger partial charge in [0.1, 0.15) is 4.88 Å². The Kier molecular flexibility index (Phi) is 3.02. The van der Waals surface area contributed by atoms with Crippen molar-refractivity contribution in [2.75, 3.05) is 0 Å². The summed E-state index contributed by atoms with van der Waals surface area (Å²) in [4.78, 5) is 12.2. The molecule has 0 radical (unpaired) electrons. The second-order valence-electron chi connectivity index (χ2n) is 4.02. The highest BCUT2D eigenvalue weighted by atomic mass is 32.1. The first-order valence-electron chi connectivity index (χ1n) is 5.30. The van der Waals surface area contributed by atoms with Gasteiger partial charge in [-0.2, -0.15) is 5.10 Å². The zero-order valence-corrected chi connectivity index (χ0v) is 10.8. The van der Waals surface area contributed by atoms with Crippen molar-refractivity contribution in [3.63, 3.8) is 0 Å². The molecule has 0 bridgehead atoms. The molecule has 0 amide bonds. The van der Waals surface area contributed by atoms with Crippen molar-refractivity contribution in [1.82, 2.24) is 9.78 Å². The van der Waals surface area contributed by atoms with E-state index in [2.05, 4.69) is 5.10 Å². The first-order valence-corrected chi connectivity index (χ1v) is 6.11. The fourth-order valence-electron chi connectivity index (χ4n) is 1.84. The molecule has 0 saturated carbocycles. The van der Waals surface area contributed by atoms with E-state index in [4.69, 9.17) is 5.11 Å². The fourth-order valence-corrected chi connectivity index (χ4v) is 2.69. The Bertz CT molecular complexity index is 569. The summed E-state index contributed by atoms with van der Waals surface area (Å²) < 4.78 is 1.86. The van der Waals surface area contributed by atoms with Gasteiger partial charge in [-0.25, -0.2) is 4.79 Å². The Balaban J connectivity index is 2.28. The van der Waals surface area contributed by atoms with Crippen molar-refractivity contribution in [1.29, 1.82) is 0 Å². The lowest BCUT2D eigenvalue weighted by molar-refractivity contribution is 0.0702. The Morgan fingerprint density at radius 3 is 2.65 bits per heavy atom. The van der Waals surface area contributed by atoms with Crippen molar-refractivity contribution >= 4 is 17.3 Å². The molecule has 90 valence electrons. The largest absolute Gasteiger partial charge is 0.477 e. The molecule has 0 saturated heterocycles. The molecule has 4 nitrogen and oxygen atoms in total. The smallest absolute Gasteiger partial charge is 0.345 e. The van der Waals surface area contributed by atoms with Crippen LogP contribution in [0.15, 0.2) is 12.1 Å². The molecule has 17 heavy (non-hydrogen) atoms. The number of rotatable bonds is 3. The number of aromatic nitrogens is 2. The number of nitrogens with zero attached hydrogens (tertiary/aromatic N) is 2. The maximum Gasteiger partial charge on any atom is 0.345 e. The van der Waals surface area contributed by atoms with Gasteiger partial charge in [0.15, 0.2) is 0 Å². The Morgan fingerprint density at radius 1 is 1.47 bits per heavy atom. The van der Waals surface area contributed by atoms with E-state index in [9.17, 15) is 4.79 Å². The highest BCUT2D eigenvalue weighted by molar-refractivity contribution is 7.13. The Hall–Kier alpha value is -1.62. The Labute approximate surface area is 104 Å². The van der Waals surface area contributed by atoms with Gasteiger partial charge in [-0.05, 0) is 26.0 Å². The lowest BCUT2D eigenvalue weighted by Crippen LogP contribution is -1.94. The number of thiophene rings is 1. The first kappa shape index (κ1) is 11.9. The van der Waals surface area contributed by atoms with Gasteiger partial charge < -0.3 is 5.11 Å². The predicted octanol–water partition coefficient (Wildman–Crippen LogP) is 2.39. The van der Waals surface area contributed by atoms with E-state index in [0.717, 1.165) is 22.7 Å². The Morgan fingerprint density at radius 2 is 2.18 bits per heavy atom.